The van der Waals surface area contributed by atoms with E-state index >= 15 is 0 Å². The van der Waals surface area contributed by atoms with Gasteiger partial charge in [0.15, 0.2) is 5.82 Å². The number of nitrogens with zero attached hydrogens (tertiary/aromatic N) is 3. The summed E-state index contributed by atoms with van der Waals surface area (Å²) in [4.78, 5) is 10.6. The Bertz CT molecular complexity index is 1100. The lowest BCUT2D eigenvalue weighted by Crippen LogP contribution is -2.43. The van der Waals surface area contributed by atoms with Crippen molar-refractivity contribution in [3.63, 3.8) is 0 Å². The summed E-state index contributed by atoms with van der Waals surface area (Å²) in [5.74, 6) is -1.53. The lowest BCUT2D eigenvalue weighted by atomic mass is 9.95. The average Bonchev–Trinajstić information content (AvgIpc) is 3.27. The molecule has 3 heterocycles. The number of alkyl halides is 1. The first kappa shape index (κ1) is 20.1. The highest BCUT2D eigenvalue weighted by molar-refractivity contribution is 5.84. The Morgan fingerprint density at radius 3 is 2.77 bits per heavy atom. The Labute approximate surface area is 177 Å². The van der Waals surface area contributed by atoms with Gasteiger partial charge in [-0.3, -0.25) is 4.90 Å². The van der Waals surface area contributed by atoms with Gasteiger partial charge >= 0.3 is 6.01 Å². The molecular weight excluding hydrogens is 407 g/mol. The summed E-state index contributed by atoms with van der Waals surface area (Å²) in [6, 6.07) is 11.2. The zero-order chi connectivity index (χ0) is 21.4. The van der Waals surface area contributed by atoms with Gasteiger partial charge in [0.1, 0.15) is 30.7 Å². The first-order valence-electron chi connectivity index (χ1n) is 10.4. The zero-order valence-corrected chi connectivity index (χ0v) is 16.9. The van der Waals surface area contributed by atoms with Gasteiger partial charge in [0, 0.05) is 19.0 Å². The van der Waals surface area contributed by atoms with Crippen LogP contribution in [0.15, 0.2) is 42.5 Å². The van der Waals surface area contributed by atoms with Crippen LogP contribution in [0.4, 0.5) is 13.2 Å². The van der Waals surface area contributed by atoms with Crippen LogP contribution in [0.3, 0.4) is 0 Å². The Morgan fingerprint density at radius 1 is 1.10 bits per heavy atom. The molecule has 0 aliphatic carbocycles. The minimum Gasteiger partial charge on any atom is -0.472 e. The van der Waals surface area contributed by atoms with E-state index in [-0.39, 0.29) is 41.5 Å². The van der Waals surface area contributed by atoms with Gasteiger partial charge in [-0.15, -0.1) is 0 Å². The summed E-state index contributed by atoms with van der Waals surface area (Å²) >= 11 is 0. The van der Waals surface area contributed by atoms with Gasteiger partial charge < -0.3 is 9.47 Å². The van der Waals surface area contributed by atoms with E-state index in [1.54, 1.807) is 0 Å². The number of rotatable bonds is 6. The van der Waals surface area contributed by atoms with Crippen molar-refractivity contribution in [2.45, 2.75) is 37.6 Å². The van der Waals surface area contributed by atoms with Gasteiger partial charge in [-0.2, -0.15) is 9.97 Å². The fourth-order valence-corrected chi connectivity index (χ4v) is 4.66. The molecule has 0 radical (unpaired) electrons. The van der Waals surface area contributed by atoms with Crippen molar-refractivity contribution in [3.8, 4) is 11.9 Å². The van der Waals surface area contributed by atoms with Crippen LogP contribution in [-0.2, 0) is 6.61 Å². The third-order valence-corrected chi connectivity index (χ3v) is 6.11. The molecule has 2 fully saturated rings. The summed E-state index contributed by atoms with van der Waals surface area (Å²) in [5, 5.41) is 0.131. The Balaban J connectivity index is 1.44. The molecule has 0 N–H and O–H groups in total. The number of hydrogen-bond donors (Lipinski definition) is 0. The minimum atomic E-state index is -0.883. The highest BCUT2D eigenvalue weighted by Crippen LogP contribution is 2.40. The van der Waals surface area contributed by atoms with Crippen LogP contribution in [0.25, 0.3) is 10.9 Å². The molecule has 31 heavy (non-hydrogen) atoms. The predicted octanol–water partition coefficient (Wildman–Crippen LogP) is 4.44. The van der Waals surface area contributed by atoms with Crippen molar-refractivity contribution in [1.29, 1.82) is 0 Å². The Hall–Kier alpha value is -2.87. The predicted molar refractivity (Wildman–Crippen MR) is 109 cm³/mol. The summed E-state index contributed by atoms with van der Waals surface area (Å²) in [6.07, 6.45) is 1.33. The number of ether oxygens (including phenoxy) is 2. The van der Waals surface area contributed by atoms with Gasteiger partial charge in [0.25, 0.3) is 0 Å². The van der Waals surface area contributed by atoms with Crippen LogP contribution >= 0.6 is 0 Å². The van der Waals surface area contributed by atoms with E-state index in [1.807, 2.05) is 30.3 Å². The lowest BCUT2D eigenvalue weighted by molar-refractivity contribution is 0.106. The van der Waals surface area contributed by atoms with Crippen LogP contribution in [0.2, 0.25) is 0 Å². The van der Waals surface area contributed by atoms with Crippen molar-refractivity contribution >= 4 is 10.9 Å². The molecule has 0 spiro atoms. The van der Waals surface area contributed by atoms with E-state index in [1.165, 1.54) is 0 Å². The lowest BCUT2D eigenvalue weighted by Gasteiger charge is -2.30. The Morgan fingerprint density at radius 2 is 1.94 bits per heavy atom. The highest BCUT2D eigenvalue weighted by Gasteiger charge is 2.49. The maximum atomic E-state index is 14.5. The molecule has 2 atom stereocenters. The second-order valence-corrected chi connectivity index (χ2v) is 8.23. The third-order valence-electron chi connectivity index (χ3n) is 6.11. The van der Waals surface area contributed by atoms with Crippen molar-refractivity contribution < 1.29 is 22.6 Å². The van der Waals surface area contributed by atoms with Gasteiger partial charge in [-0.05, 0) is 31.0 Å². The monoisotopic (exact) mass is 429 g/mol. The molecule has 0 amide bonds. The molecule has 2 aliphatic rings. The first-order valence-corrected chi connectivity index (χ1v) is 10.4. The van der Waals surface area contributed by atoms with Gasteiger partial charge in [-0.1, -0.05) is 30.3 Å². The molecule has 5 nitrogen and oxygen atoms in total. The molecule has 2 aromatic carbocycles. The van der Waals surface area contributed by atoms with Gasteiger partial charge in [0.05, 0.1) is 10.9 Å². The molecule has 8 heteroatoms. The topological polar surface area (TPSA) is 47.5 Å². The van der Waals surface area contributed by atoms with E-state index in [2.05, 4.69) is 14.9 Å². The number of benzene rings is 2. The van der Waals surface area contributed by atoms with Gasteiger partial charge in [-0.25, -0.2) is 13.2 Å². The fraction of sp³-hybridized carbons (Fsp3) is 0.391. The van der Waals surface area contributed by atoms with Crippen LogP contribution in [-0.4, -0.2) is 46.3 Å². The van der Waals surface area contributed by atoms with E-state index < -0.39 is 17.8 Å². The normalized spacial score (nSPS) is 23.3. The van der Waals surface area contributed by atoms with Crippen LogP contribution in [0.1, 0.15) is 24.8 Å². The quantitative estimate of drug-likeness (QED) is 0.580. The molecule has 5 rings (SSSR count). The highest BCUT2D eigenvalue weighted by atomic mass is 19.1. The first-order chi connectivity index (χ1) is 15.0. The summed E-state index contributed by atoms with van der Waals surface area (Å²) in [7, 11) is 0. The average molecular weight is 429 g/mol. The fourth-order valence-electron chi connectivity index (χ4n) is 4.66. The van der Waals surface area contributed by atoms with Crippen LogP contribution in [0, 0.1) is 11.6 Å². The second kappa shape index (κ2) is 8.00. The molecule has 0 saturated carbocycles. The maximum Gasteiger partial charge on any atom is 0.320 e. The molecule has 1 aromatic heterocycles. The van der Waals surface area contributed by atoms with Gasteiger partial charge in [0.2, 0.25) is 5.88 Å². The van der Waals surface area contributed by atoms with Crippen molar-refractivity contribution in [2.75, 3.05) is 19.7 Å². The third kappa shape index (κ3) is 3.92. The van der Waals surface area contributed by atoms with E-state index in [4.69, 9.17) is 9.47 Å². The molecule has 3 aromatic rings. The standard InChI is InChI=1S/C23H22F3N3O2/c24-16-9-18-20(19(26)10-16)27-22(28-21(18)30-13-15-5-2-1-3-6-15)31-14-23-7-4-8-29(23)12-17(25)11-23/h1-3,5-6,9-10,17H,4,7-8,11-14H2/t17-,23+/m1/s1. The molecular formula is C23H22F3N3O2. The number of fused-ring (bicyclic) bond motifs is 2. The largest absolute Gasteiger partial charge is 0.472 e. The molecule has 162 valence electrons. The molecule has 2 aliphatic heterocycles. The second-order valence-electron chi connectivity index (χ2n) is 8.23. The molecule has 0 unspecified atom stereocenters. The SMILES string of the molecule is Fc1cc(F)c2nc(OC[C@@]34CCCN3C[C@H](F)C4)nc(OCc3ccccc3)c2c1. The maximum absolute atomic E-state index is 14.5. The van der Waals surface area contributed by atoms with Crippen LogP contribution < -0.4 is 9.47 Å². The van der Waals surface area contributed by atoms with Crippen LogP contribution in [0.5, 0.6) is 11.9 Å². The Kier molecular flexibility index (Phi) is 5.17. The zero-order valence-electron chi connectivity index (χ0n) is 16.9. The van der Waals surface area contributed by atoms with E-state index in [0.717, 1.165) is 37.1 Å². The van der Waals surface area contributed by atoms with Crippen molar-refractivity contribution in [1.82, 2.24) is 14.9 Å². The number of aromatic nitrogens is 2. The number of hydrogen-bond acceptors (Lipinski definition) is 5. The number of halogens is 3. The van der Waals surface area contributed by atoms with Crippen molar-refractivity contribution in [3.05, 3.63) is 59.7 Å². The van der Waals surface area contributed by atoms with E-state index in [9.17, 15) is 13.2 Å². The summed E-state index contributed by atoms with van der Waals surface area (Å²) < 4.78 is 54.0. The smallest absolute Gasteiger partial charge is 0.320 e. The minimum absolute atomic E-state index is 0.0396. The van der Waals surface area contributed by atoms with Crippen molar-refractivity contribution in [2.24, 2.45) is 0 Å². The molecule has 0 bridgehead atoms. The van der Waals surface area contributed by atoms with E-state index in [0.29, 0.717) is 13.0 Å². The molecule has 2 saturated heterocycles. The summed E-state index contributed by atoms with van der Waals surface area (Å²) in [6.45, 7) is 1.62. The summed E-state index contributed by atoms with van der Waals surface area (Å²) in [5.41, 5.74) is 0.420.